The minimum atomic E-state index is 0.0637. The second-order valence-corrected chi connectivity index (χ2v) is 6.85. The van der Waals surface area contributed by atoms with Crippen LogP contribution in [0.4, 0.5) is 5.69 Å². The Morgan fingerprint density at radius 2 is 2.00 bits per heavy atom. The first-order chi connectivity index (χ1) is 9.00. The van der Waals surface area contributed by atoms with E-state index in [-0.39, 0.29) is 6.04 Å². The molecule has 0 radical (unpaired) electrons. The van der Waals surface area contributed by atoms with Crippen LogP contribution in [-0.2, 0) is 0 Å². The predicted molar refractivity (Wildman–Crippen MR) is 86.6 cm³/mol. The molecule has 2 rings (SSSR count). The molecule has 1 aromatic carbocycles. The Hall–Kier alpha value is -0.540. The van der Waals surface area contributed by atoms with E-state index >= 15 is 0 Å². The molecule has 0 amide bonds. The van der Waals surface area contributed by atoms with Gasteiger partial charge in [-0.1, -0.05) is 35.7 Å². The van der Waals surface area contributed by atoms with Gasteiger partial charge < -0.3 is 10.6 Å². The first kappa shape index (κ1) is 14.9. The maximum Gasteiger partial charge on any atom is 0.0415 e. The van der Waals surface area contributed by atoms with Crippen LogP contribution in [0.15, 0.2) is 22.7 Å². The molecule has 1 aliphatic rings. The lowest BCUT2D eigenvalue weighted by Gasteiger charge is -2.39. The van der Waals surface area contributed by atoms with Gasteiger partial charge in [0.1, 0.15) is 0 Å². The second kappa shape index (κ2) is 6.27. The molecule has 0 aliphatic heterocycles. The van der Waals surface area contributed by atoms with Crippen LogP contribution >= 0.6 is 15.9 Å². The quantitative estimate of drug-likeness (QED) is 0.887. The van der Waals surface area contributed by atoms with Crippen LogP contribution in [0.25, 0.3) is 0 Å². The highest BCUT2D eigenvalue weighted by atomic mass is 79.9. The molecule has 0 bridgehead atoms. The smallest absolute Gasteiger partial charge is 0.0415 e. The Morgan fingerprint density at radius 1 is 1.32 bits per heavy atom. The van der Waals surface area contributed by atoms with Gasteiger partial charge in [0.15, 0.2) is 0 Å². The van der Waals surface area contributed by atoms with Crippen molar-refractivity contribution in [3.05, 3.63) is 28.2 Å². The Morgan fingerprint density at radius 3 is 2.63 bits per heavy atom. The number of halogens is 1. The van der Waals surface area contributed by atoms with Crippen molar-refractivity contribution in [2.24, 2.45) is 11.7 Å². The number of hydrogen-bond acceptors (Lipinski definition) is 2. The Bertz CT molecular complexity index is 431. The summed E-state index contributed by atoms with van der Waals surface area (Å²) in [6, 6.07) is 7.18. The summed E-state index contributed by atoms with van der Waals surface area (Å²) in [5.41, 5.74) is 8.66. The largest absolute Gasteiger partial charge is 0.371 e. The van der Waals surface area contributed by atoms with Crippen molar-refractivity contribution < 1.29 is 0 Å². The molecular formula is C16H25BrN2. The topological polar surface area (TPSA) is 29.3 Å². The van der Waals surface area contributed by atoms with E-state index in [2.05, 4.69) is 59.9 Å². The summed E-state index contributed by atoms with van der Waals surface area (Å²) in [4.78, 5) is 2.45. The summed E-state index contributed by atoms with van der Waals surface area (Å²) in [5, 5.41) is 0. The van der Waals surface area contributed by atoms with E-state index < -0.39 is 0 Å². The summed E-state index contributed by atoms with van der Waals surface area (Å²) >= 11 is 3.55. The maximum atomic E-state index is 6.14. The third-order valence-electron chi connectivity index (χ3n) is 4.42. The molecule has 0 saturated heterocycles. The normalized spacial score (nSPS) is 25.1. The Balaban J connectivity index is 2.29. The number of nitrogens with two attached hydrogens (primary N) is 1. The molecule has 2 nitrogen and oxygen atoms in total. The molecule has 2 N–H and O–H groups in total. The van der Waals surface area contributed by atoms with Crippen molar-refractivity contribution in [3.8, 4) is 0 Å². The van der Waals surface area contributed by atoms with Crippen molar-refractivity contribution in [1.82, 2.24) is 0 Å². The fourth-order valence-electron chi connectivity index (χ4n) is 3.26. The molecule has 3 unspecified atom stereocenters. The molecule has 1 aliphatic carbocycles. The van der Waals surface area contributed by atoms with Crippen LogP contribution in [0, 0.1) is 5.92 Å². The van der Waals surface area contributed by atoms with Gasteiger partial charge in [-0.05, 0) is 49.4 Å². The molecule has 1 saturated carbocycles. The van der Waals surface area contributed by atoms with Gasteiger partial charge in [-0.2, -0.15) is 0 Å². The lowest BCUT2D eigenvalue weighted by molar-refractivity contribution is 0.321. The summed E-state index contributed by atoms with van der Waals surface area (Å²) in [7, 11) is 2.22. The van der Waals surface area contributed by atoms with Crippen molar-refractivity contribution in [2.75, 3.05) is 11.9 Å². The molecule has 3 heteroatoms. The second-order valence-electron chi connectivity index (χ2n) is 5.93. The third kappa shape index (κ3) is 3.32. The van der Waals surface area contributed by atoms with E-state index in [1.807, 2.05) is 0 Å². The Kier molecular flexibility index (Phi) is 4.91. The van der Waals surface area contributed by atoms with E-state index in [1.54, 1.807) is 0 Å². The lowest BCUT2D eigenvalue weighted by Crippen LogP contribution is -2.39. The van der Waals surface area contributed by atoms with Gasteiger partial charge in [0.2, 0.25) is 0 Å². The molecule has 0 aromatic heterocycles. The van der Waals surface area contributed by atoms with E-state index in [0.29, 0.717) is 6.04 Å². The van der Waals surface area contributed by atoms with Gasteiger partial charge in [-0.25, -0.2) is 0 Å². The molecule has 0 heterocycles. The van der Waals surface area contributed by atoms with Gasteiger partial charge in [-0.15, -0.1) is 0 Å². The van der Waals surface area contributed by atoms with Crippen molar-refractivity contribution in [2.45, 2.75) is 51.6 Å². The summed E-state index contributed by atoms with van der Waals surface area (Å²) in [6.07, 6.45) is 5.38. The zero-order valence-electron chi connectivity index (χ0n) is 12.2. The van der Waals surface area contributed by atoms with Crippen LogP contribution in [0.3, 0.4) is 0 Å². The van der Waals surface area contributed by atoms with Gasteiger partial charge in [0.05, 0.1) is 0 Å². The van der Waals surface area contributed by atoms with Crippen molar-refractivity contribution in [1.29, 1.82) is 0 Å². The van der Waals surface area contributed by atoms with E-state index in [9.17, 15) is 0 Å². The van der Waals surface area contributed by atoms with Crippen LogP contribution in [0.2, 0.25) is 0 Å². The predicted octanol–water partition coefficient (Wildman–Crippen LogP) is 4.48. The molecular weight excluding hydrogens is 300 g/mol. The average Bonchev–Trinajstić information content (AvgIpc) is 2.38. The number of anilines is 1. The Labute approximate surface area is 125 Å². The SMILES string of the molecule is CC(N)c1cc(Br)ccc1N(C)C1CCCCC1C. The van der Waals surface area contributed by atoms with Gasteiger partial charge in [0.25, 0.3) is 0 Å². The first-order valence-corrected chi connectivity index (χ1v) is 8.08. The zero-order valence-corrected chi connectivity index (χ0v) is 13.8. The molecule has 1 aromatic rings. The minimum Gasteiger partial charge on any atom is -0.371 e. The van der Waals surface area contributed by atoms with E-state index in [4.69, 9.17) is 5.73 Å². The van der Waals surface area contributed by atoms with Gasteiger partial charge in [0, 0.05) is 29.3 Å². The number of rotatable bonds is 3. The fraction of sp³-hybridized carbons (Fsp3) is 0.625. The molecule has 106 valence electrons. The number of hydrogen-bond donors (Lipinski definition) is 1. The molecule has 19 heavy (non-hydrogen) atoms. The van der Waals surface area contributed by atoms with Gasteiger partial charge >= 0.3 is 0 Å². The lowest BCUT2D eigenvalue weighted by atomic mass is 9.84. The highest BCUT2D eigenvalue weighted by molar-refractivity contribution is 9.10. The zero-order chi connectivity index (χ0) is 14.0. The van der Waals surface area contributed by atoms with Crippen molar-refractivity contribution >= 4 is 21.6 Å². The summed E-state index contributed by atoms with van der Waals surface area (Å²) in [5.74, 6) is 0.767. The van der Waals surface area contributed by atoms with Gasteiger partial charge in [-0.3, -0.25) is 0 Å². The minimum absolute atomic E-state index is 0.0637. The first-order valence-electron chi connectivity index (χ1n) is 7.28. The van der Waals surface area contributed by atoms with Crippen LogP contribution in [-0.4, -0.2) is 13.1 Å². The van der Waals surface area contributed by atoms with E-state index in [0.717, 1.165) is 10.4 Å². The average molecular weight is 325 g/mol. The molecule has 0 spiro atoms. The standard InChI is InChI=1S/C16H25BrN2/c1-11-6-4-5-7-15(11)19(3)16-9-8-13(17)10-14(16)12(2)18/h8-12,15H,4-7,18H2,1-3H3. The van der Waals surface area contributed by atoms with E-state index in [1.165, 1.54) is 36.9 Å². The molecule has 3 atom stereocenters. The highest BCUT2D eigenvalue weighted by Gasteiger charge is 2.26. The monoisotopic (exact) mass is 324 g/mol. The van der Waals surface area contributed by atoms with Crippen molar-refractivity contribution in [3.63, 3.8) is 0 Å². The molecule has 1 fully saturated rings. The number of nitrogens with zero attached hydrogens (tertiary/aromatic N) is 1. The van der Waals surface area contributed by atoms with Crippen LogP contribution < -0.4 is 10.6 Å². The third-order valence-corrected chi connectivity index (χ3v) is 4.92. The summed E-state index contributed by atoms with van der Waals surface area (Å²) < 4.78 is 1.11. The van der Waals surface area contributed by atoms with Crippen LogP contribution in [0.1, 0.15) is 51.1 Å². The number of benzene rings is 1. The maximum absolute atomic E-state index is 6.14. The van der Waals surface area contributed by atoms with Crippen LogP contribution in [0.5, 0.6) is 0 Å². The highest BCUT2D eigenvalue weighted by Crippen LogP contribution is 2.34. The fourth-order valence-corrected chi connectivity index (χ4v) is 3.64. The summed E-state index contributed by atoms with van der Waals surface area (Å²) in [6.45, 7) is 4.44.